The second-order valence-electron chi connectivity index (χ2n) is 3.44. The van der Waals surface area contributed by atoms with E-state index in [2.05, 4.69) is 15.9 Å². The van der Waals surface area contributed by atoms with Gasteiger partial charge in [-0.2, -0.15) is 0 Å². The Morgan fingerprint density at radius 2 is 1.83 bits per heavy atom. The van der Waals surface area contributed by atoms with Gasteiger partial charge in [0.1, 0.15) is 12.0 Å². The highest BCUT2D eigenvalue weighted by Crippen LogP contribution is 2.08. The van der Waals surface area contributed by atoms with E-state index in [0.717, 1.165) is 0 Å². The molecule has 0 rings (SSSR count). The molecule has 0 aromatic heterocycles. The van der Waals surface area contributed by atoms with Gasteiger partial charge in [-0.25, -0.2) is 0 Å². The lowest BCUT2D eigenvalue weighted by Crippen LogP contribution is -2.25. The van der Waals surface area contributed by atoms with Crippen molar-refractivity contribution in [2.75, 3.05) is 5.33 Å². The first-order valence-corrected chi connectivity index (χ1v) is 4.77. The summed E-state index contributed by atoms with van der Waals surface area (Å²) >= 11 is 2.97. The van der Waals surface area contributed by atoms with Crippen molar-refractivity contribution in [3.05, 3.63) is 0 Å². The molecule has 0 amide bonds. The van der Waals surface area contributed by atoms with Crippen molar-refractivity contribution >= 4 is 27.7 Å². The summed E-state index contributed by atoms with van der Waals surface area (Å²) in [4.78, 5) is 21.7. The van der Waals surface area contributed by atoms with Gasteiger partial charge in [-0.05, 0) is 20.8 Å². The van der Waals surface area contributed by atoms with Gasteiger partial charge in [0.25, 0.3) is 0 Å². The van der Waals surface area contributed by atoms with Crippen LogP contribution in [0.1, 0.15) is 27.2 Å². The molecule has 0 N–H and O–H groups in total. The van der Waals surface area contributed by atoms with Crippen molar-refractivity contribution in [3.8, 4) is 0 Å². The van der Waals surface area contributed by atoms with Crippen LogP contribution in [0, 0.1) is 0 Å². The van der Waals surface area contributed by atoms with Gasteiger partial charge in [-0.3, -0.25) is 9.59 Å². The fourth-order valence-corrected chi connectivity index (χ4v) is 0.784. The number of esters is 1. The maximum atomic E-state index is 11.0. The maximum absolute atomic E-state index is 11.0. The fourth-order valence-electron chi connectivity index (χ4n) is 0.586. The number of alkyl halides is 1. The number of ether oxygens (including phenoxy) is 1. The Hall–Kier alpha value is -0.380. The van der Waals surface area contributed by atoms with Crippen LogP contribution in [0.15, 0.2) is 0 Å². The molecule has 0 saturated heterocycles. The minimum Gasteiger partial charge on any atom is -0.460 e. The summed E-state index contributed by atoms with van der Waals surface area (Å²) in [5.41, 5.74) is -0.510. The molecule has 0 aliphatic rings. The quantitative estimate of drug-likeness (QED) is 0.426. The van der Waals surface area contributed by atoms with E-state index < -0.39 is 11.6 Å². The highest BCUT2D eigenvalue weighted by Gasteiger charge is 2.17. The number of hydrogen-bond acceptors (Lipinski definition) is 3. The van der Waals surface area contributed by atoms with Crippen LogP contribution in [0.2, 0.25) is 0 Å². The monoisotopic (exact) mass is 236 g/mol. The van der Waals surface area contributed by atoms with Crippen molar-refractivity contribution in [3.63, 3.8) is 0 Å². The van der Waals surface area contributed by atoms with E-state index in [-0.39, 0.29) is 17.5 Å². The Balaban J connectivity index is 3.83. The third-order valence-electron chi connectivity index (χ3n) is 0.911. The molecule has 12 heavy (non-hydrogen) atoms. The molecule has 0 aliphatic carbocycles. The second-order valence-corrected chi connectivity index (χ2v) is 4.00. The maximum Gasteiger partial charge on any atom is 0.313 e. The number of Topliss-reactive ketones (excluding diaryl/α,β-unsaturated/α-hetero) is 1. The van der Waals surface area contributed by atoms with Crippen LogP contribution in [-0.2, 0) is 14.3 Å². The zero-order valence-electron chi connectivity index (χ0n) is 7.52. The first kappa shape index (κ1) is 11.6. The van der Waals surface area contributed by atoms with E-state index in [4.69, 9.17) is 4.74 Å². The molecule has 0 fully saturated rings. The molecule has 0 radical (unpaired) electrons. The lowest BCUT2D eigenvalue weighted by molar-refractivity contribution is -0.155. The summed E-state index contributed by atoms with van der Waals surface area (Å²) in [6.07, 6.45) is -0.150. The largest absolute Gasteiger partial charge is 0.460 e. The van der Waals surface area contributed by atoms with E-state index in [1.165, 1.54) is 0 Å². The molecular formula is C8H13BrO3. The zero-order valence-corrected chi connectivity index (χ0v) is 9.10. The molecule has 0 spiro atoms. The average Bonchev–Trinajstić information content (AvgIpc) is 1.82. The van der Waals surface area contributed by atoms with Gasteiger partial charge in [0.2, 0.25) is 0 Å². The van der Waals surface area contributed by atoms with Crippen LogP contribution < -0.4 is 0 Å². The van der Waals surface area contributed by atoms with Crippen LogP contribution in [0.3, 0.4) is 0 Å². The number of carbonyl (C=O) groups excluding carboxylic acids is 2. The molecule has 70 valence electrons. The Morgan fingerprint density at radius 1 is 1.33 bits per heavy atom. The van der Waals surface area contributed by atoms with Gasteiger partial charge in [0.15, 0.2) is 5.78 Å². The molecule has 0 unspecified atom stereocenters. The molecule has 0 heterocycles. The molecular weight excluding hydrogens is 224 g/mol. The number of ketones is 1. The van der Waals surface area contributed by atoms with Crippen molar-refractivity contribution in [1.82, 2.24) is 0 Å². The van der Waals surface area contributed by atoms with Gasteiger partial charge in [-0.1, -0.05) is 15.9 Å². The fraction of sp³-hybridized carbons (Fsp3) is 0.750. The molecule has 0 aromatic carbocycles. The smallest absolute Gasteiger partial charge is 0.313 e. The predicted molar refractivity (Wildman–Crippen MR) is 49.3 cm³/mol. The number of carbonyl (C=O) groups is 2. The van der Waals surface area contributed by atoms with Gasteiger partial charge in [0.05, 0.1) is 5.33 Å². The third kappa shape index (κ3) is 6.34. The number of rotatable bonds is 3. The minimum atomic E-state index is -0.510. The lowest BCUT2D eigenvalue weighted by Gasteiger charge is -2.18. The summed E-state index contributed by atoms with van der Waals surface area (Å²) in [7, 11) is 0. The Kier molecular flexibility index (Phi) is 4.45. The van der Waals surface area contributed by atoms with Crippen molar-refractivity contribution in [2.45, 2.75) is 32.8 Å². The highest BCUT2D eigenvalue weighted by atomic mass is 79.9. The molecule has 4 heteroatoms. The average molecular weight is 237 g/mol. The van der Waals surface area contributed by atoms with Crippen LogP contribution in [0.5, 0.6) is 0 Å². The standard InChI is InChI=1S/C8H13BrO3/c1-8(2,3)12-7(11)4-6(10)5-9/h4-5H2,1-3H3. The first-order chi connectivity index (χ1) is 5.35. The number of halogens is 1. The van der Waals surface area contributed by atoms with Gasteiger partial charge in [0, 0.05) is 0 Å². The predicted octanol–water partition coefficient (Wildman–Crippen LogP) is 1.68. The SMILES string of the molecule is CC(C)(C)OC(=O)CC(=O)CBr. The summed E-state index contributed by atoms with van der Waals surface area (Å²) in [6, 6.07) is 0. The van der Waals surface area contributed by atoms with E-state index in [0.29, 0.717) is 0 Å². The summed E-state index contributed by atoms with van der Waals surface area (Å²) < 4.78 is 4.93. The molecule has 0 aromatic rings. The highest BCUT2D eigenvalue weighted by molar-refractivity contribution is 9.09. The normalized spacial score (nSPS) is 11.0. The van der Waals surface area contributed by atoms with E-state index in [1.807, 2.05) is 0 Å². The van der Waals surface area contributed by atoms with Crippen molar-refractivity contribution < 1.29 is 14.3 Å². The van der Waals surface area contributed by atoms with Crippen LogP contribution in [-0.4, -0.2) is 22.7 Å². The zero-order chi connectivity index (χ0) is 9.78. The summed E-state index contributed by atoms with van der Waals surface area (Å²) in [5, 5.41) is 0.201. The molecule has 0 bridgehead atoms. The Bertz CT molecular complexity index is 181. The first-order valence-electron chi connectivity index (χ1n) is 3.64. The summed E-state index contributed by atoms with van der Waals surface area (Å²) in [6.45, 7) is 5.30. The lowest BCUT2D eigenvalue weighted by atomic mass is 10.2. The second kappa shape index (κ2) is 4.60. The van der Waals surface area contributed by atoms with Gasteiger partial charge >= 0.3 is 5.97 Å². The molecule has 0 aliphatic heterocycles. The minimum absolute atomic E-state index is 0.150. The van der Waals surface area contributed by atoms with Crippen molar-refractivity contribution in [1.29, 1.82) is 0 Å². The topological polar surface area (TPSA) is 43.4 Å². The molecule has 0 saturated carbocycles. The van der Waals surface area contributed by atoms with Crippen LogP contribution in [0.25, 0.3) is 0 Å². The van der Waals surface area contributed by atoms with Crippen LogP contribution >= 0.6 is 15.9 Å². The van der Waals surface area contributed by atoms with E-state index >= 15 is 0 Å². The van der Waals surface area contributed by atoms with Crippen LogP contribution in [0.4, 0.5) is 0 Å². The third-order valence-corrected chi connectivity index (χ3v) is 1.54. The van der Waals surface area contributed by atoms with E-state index in [9.17, 15) is 9.59 Å². The number of hydrogen-bond donors (Lipinski definition) is 0. The Morgan fingerprint density at radius 3 is 2.17 bits per heavy atom. The van der Waals surface area contributed by atoms with Gasteiger partial charge in [-0.15, -0.1) is 0 Å². The molecule has 3 nitrogen and oxygen atoms in total. The van der Waals surface area contributed by atoms with Gasteiger partial charge < -0.3 is 4.74 Å². The Labute approximate surface area is 80.6 Å². The molecule has 0 atom stereocenters. The van der Waals surface area contributed by atoms with Crippen molar-refractivity contribution in [2.24, 2.45) is 0 Å². The van der Waals surface area contributed by atoms with E-state index in [1.54, 1.807) is 20.8 Å². The summed E-state index contributed by atoms with van der Waals surface area (Å²) in [5.74, 6) is -0.629.